The van der Waals surface area contributed by atoms with Gasteiger partial charge in [-0.05, 0) is 55.4 Å². The minimum absolute atomic E-state index is 0.140. The second kappa shape index (κ2) is 6.67. The van der Waals surface area contributed by atoms with Crippen LogP contribution in [0.1, 0.15) is 19.3 Å². The number of hydrogen-bond donors (Lipinski definition) is 2. The van der Waals surface area contributed by atoms with Gasteiger partial charge in [0, 0.05) is 24.5 Å². The first kappa shape index (κ1) is 16.4. The Hall–Kier alpha value is -2.08. The molecule has 2 aliphatic carbocycles. The molecule has 1 aromatic carbocycles. The van der Waals surface area contributed by atoms with Gasteiger partial charge in [-0.1, -0.05) is 0 Å². The van der Waals surface area contributed by atoms with Crippen molar-refractivity contribution in [2.45, 2.75) is 19.3 Å². The van der Waals surface area contributed by atoms with Gasteiger partial charge in [0.15, 0.2) is 0 Å². The van der Waals surface area contributed by atoms with E-state index in [2.05, 4.69) is 10.2 Å². The fourth-order valence-corrected chi connectivity index (χ4v) is 4.83. The molecule has 0 spiro atoms. The standard InChI is InChI=1S/C19H24N2O4/c22-18(16-12-1-2-13(11-12)17(16)19(23)24)20-14-3-5-15(6-4-14)21-7-9-25-10-8-21/h3-6,12-13,16-17H,1-2,7-11H2,(H,20,22)(H,23,24)/t12-,13+,16+,17+/m1/s1. The van der Waals surface area contributed by atoms with Gasteiger partial charge in [-0.2, -0.15) is 0 Å². The van der Waals surface area contributed by atoms with Gasteiger partial charge in [0.1, 0.15) is 0 Å². The predicted molar refractivity (Wildman–Crippen MR) is 93.6 cm³/mol. The van der Waals surface area contributed by atoms with Crippen LogP contribution in [0.3, 0.4) is 0 Å². The second-order valence-corrected chi connectivity index (χ2v) is 7.36. The highest BCUT2D eigenvalue weighted by molar-refractivity contribution is 5.96. The number of carboxylic acids is 1. The van der Waals surface area contributed by atoms with E-state index < -0.39 is 17.8 Å². The minimum atomic E-state index is -0.824. The molecule has 2 N–H and O–H groups in total. The zero-order valence-corrected chi connectivity index (χ0v) is 14.2. The normalized spacial score (nSPS) is 31.1. The zero-order chi connectivity index (χ0) is 17.4. The number of nitrogens with one attached hydrogen (secondary N) is 1. The smallest absolute Gasteiger partial charge is 0.307 e. The molecule has 1 amide bonds. The number of benzene rings is 1. The monoisotopic (exact) mass is 344 g/mol. The van der Waals surface area contributed by atoms with Crippen molar-refractivity contribution in [3.8, 4) is 0 Å². The summed E-state index contributed by atoms with van der Waals surface area (Å²) >= 11 is 0. The van der Waals surface area contributed by atoms with Crippen molar-refractivity contribution >= 4 is 23.3 Å². The molecule has 3 fully saturated rings. The van der Waals surface area contributed by atoms with Crippen LogP contribution < -0.4 is 10.2 Å². The van der Waals surface area contributed by atoms with Crippen LogP contribution in [0, 0.1) is 23.7 Å². The van der Waals surface area contributed by atoms with Gasteiger partial charge in [-0.15, -0.1) is 0 Å². The number of hydrogen-bond acceptors (Lipinski definition) is 4. The van der Waals surface area contributed by atoms with Crippen molar-refractivity contribution in [2.24, 2.45) is 23.7 Å². The lowest BCUT2D eigenvalue weighted by atomic mass is 9.78. The van der Waals surface area contributed by atoms with Gasteiger partial charge >= 0.3 is 5.97 Å². The maximum atomic E-state index is 12.7. The molecule has 1 aliphatic heterocycles. The van der Waals surface area contributed by atoms with Crippen LogP contribution in [-0.4, -0.2) is 43.3 Å². The van der Waals surface area contributed by atoms with Gasteiger partial charge in [-0.25, -0.2) is 0 Å². The fraction of sp³-hybridized carbons (Fsp3) is 0.579. The summed E-state index contributed by atoms with van der Waals surface area (Å²) < 4.78 is 5.36. The Bertz CT molecular complexity index is 654. The molecule has 1 aromatic rings. The summed E-state index contributed by atoms with van der Waals surface area (Å²) in [5, 5.41) is 12.4. The molecule has 2 saturated carbocycles. The first-order valence-electron chi connectivity index (χ1n) is 9.10. The molecule has 134 valence electrons. The van der Waals surface area contributed by atoms with E-state index in [1.807, 2.05) is 24.3 Å². The highest BCUT2D eigenvalue weighted by Crippen LogP contribution is 2.52. The molecule has 4 rings (SSSR count). The van der Waals surface area contributed by atoms with E-state index in [0.717, 1.165) is 56.9 Å². The molecular formula is C19H24N2O4. The molecule has 6 nitrogen and oxygen atoms in total. The summed E-state index contributed by atoms with van der Waals surface area (Å²) in [6, 6.07) is 7.78. The summed E-state index contributed by atoms with van der Waals surface area (Å²) in [6.07, 6.45) is 2.80. The molecule has 3 aliphatic rings. The summed E-state index contributed by atoms with van der Waals surface area (Å²) in [5.41, 5.74) is 1.85. The van der Waals surface area contributed by atoms with E-state index in [0.29, 0.717) is 0 Å². The first-order chi connectivity index (χ1) is 12.1. The van der Waals surface area contributed by atoms with Crippen LogP contribution in [0.5, 0.6) is 0 Å². The second-order valence-electron chi connectivity index (χ2n) is 7.36. The van der Waals surface area contributed by atoms with Gasteiger partial charge < -0.3 is 20.1 Å². The quantitative estimate of drug-likeness (QED) is 0.875. The first-order valence-corrected chi connectivity index (χ1v) is 9.10. The molecular weight excluding hydrogens is 320 g/mol. The number of carboxylic acid groups (broad SMARTS) is 1. The van der Waals surface area contributed by atoms with Crippen molar-refractivity contribution in [3.05, 3.63) is 24.3 Å². The third kappa shape index (κ3) is 3.11. The molecule has 1 saturated heterocycles. The Balaban J connectivity index is 1.43. The summed E-state index contributed by atoms with van der Waals surface area (Å²) in [4.78, 5) is 26.5. The van der Waals surface area contributed by atoms with E-state index in [-0.39, 0.29) is 17.7 Å². The molecule has 1 heterocycles. The van der Waals surface area contributed by atoms with Gasteiger partial charge in [0.25, 0.3) is 0 Å². The Morgan fingerprint density at radius 2 is 1.68 bits per heavy atom. The highest BCUT2D eigenvalue weighted by Gasteiger charge is 2.53. The Labute approximate surface area is 147 Å². The maximum absolute atomic E-state index is 12.7. The summed E-state index contributed by atoms with van der Waals surface area (Å²) in [6.45, 7) is 3.22. The van der Waals surface area contributed by atoms with E-state index in [9.17, 15) is 14.7 Å². The van der Waals surface area contributed by atoms with Gasteiger partial charge in [-0.3, -0.25) is 9.59 Å². The number of fused-ring (bicyclic) bond motifs is 2. The van der Waals surface area contributed by atoms with Crippen molar-refractivity contribution in [3.63, 3.8) is 0 Å². The number of ether oxygens (including phenoxy) is 1. The lowest BCUT2D eigenvalue weighted by Gasteiger charge is -2.29. The molecule has 0 unspecified atom stereocenters. The highest BCUT2D eigenvalue weighted by atomic mass is 16.5. The van der Waals surface area contributed by atoms with E-state index in [4.69, 9.17) is 4.74 Å². The van der Waals surface area contributed by atoms with Crippen LogP contribution in [0.15, 0.2) is 24.3 Å². The van der Waals surface area contributed by atoms with E-state index >= 15 is 0 Å². The molecule has 6 heteroatoms. The average Bonchev–Trinajstić information content (AvgIpc) is 3.24. The number of carbonyl (C=O) groups is 2. The average molecular weight is 344 g/mol. The lowest BCUT2D eigenvalue weighted by Crippen LogP contribution is -2.38. The number of anilines is 2. The van der Waals surface area contributed by atoms with E-state index in [1.165, 1.54) is 0 Å². The van der Waals surface area contributed by atoms with Crippen LogP contribution in [-0.2, 0) is 14.3 Å². The minimum Gasteiger partial charge on any atom is -0.481 e. The number of morpholine rings is 1. The van der Waals surface area contributed by atoms with Crippen molar-refractivity contribution < 1.29 is 19.4 Å². The van der Waals surface area contributed by atoms with Crippen LogP contribution in [0.4, 0.5) is 11.4 Å². The number of carbonyl (C=O) groups excluding carboxylic acids is 1. The van der Waals surface area contributed by atoms with Crippen molar-refractivity contribution in [1.82, 2.24) is 0 Å². The molecule has 25 heavy (non-hydrogen) atoms. The maximum Gasteiger partial charge on any atom is 0.307 e. The zero-order valence-electron chi connectivity index (χ0n) is 14.2. The number of amides is 1. The van der Waals surface area contributed by atoms with Gasteiger partial charge in [0.05, 0.1) is 25.0 Å². The third-order valence-electron chi connectivity index (χ3n) is 6.02. The predicted octanol–water partition coefficient (Wildman–Crippen LogP) is 2.21. The summed E-state index contributed by atoms with van der Waals surface area (Å²) in [5.74, 6) is -1.49. The third-order valence-corrected chi connectivity index (χ3v) is 6.02. The molecule has 0 aromatic heterocycles. The van der Waals surface area contributed by atoms with Crippen LogP contribution in [0.25, 0.3) is 0 Å². The van der Waals surface area contributed by atoms with Crippen LogP contribution >= 0.6 is 0 Å². The Morgan fingerprint density at radius 3 is 2.32 bits per heavy atom. The SMILES string of the molecule is O=C(O)[C@H]1[C@H]2CC[C@H](C2)[C@@H]1C(=O)Nc1ccc(N2CCOCC2)cc1. The molecule has 0 radical (unpaired) electrons. The number of aliphatic carboxylic acids is 1. The van der Waals surface area contributed by atoms with Crippen molar-refractivity contribution in [1.29, 1.82) is 0 Å². The summed E-state index contributed by atoms with van der Waals surface area (Å²) in [7, 11) is 0. The Kier molecular flexibility index (Phi) is 4.37. The van der Waals surface area contributed by atoms with Crippen LogP contribution in [0.2, 0.25) is 0 Å². The molecule has 2 bridgehead atoms. The number of rotatable bonds is 4. The number of nitrogens with zero attached hydrogens (tertiary/aromatic N) is 1. The largest absolute Gasteiger partial charge is 0.481 e. The lowest BCUT2D eigenvalue weighted by molar-refractivity contribution is -0.148. The molecule has 4 atom stereocenters. The topological polar surface area (TPSA) is 78.9 Å². The Morgan fingerprint density at radius 1 is 1.04 bits per heavy atom. The van der Waals surface area contributed by atoms with E-state index in [1.54, 1.807) is 0 Å². The van der Waals surface area contributed by atoms with Gasteiger partial charge in [0.2, 0.25) is 5.91 Å². The fourth-order valence-electron chi connectivity index (χ4n) is 4.83. The van der Waals surface area contributed by atoms with Crippen molar-refractivity contribution in [2.75, 3.05) is 36.5 Å².